The van der Waals surface area contributed by atoms with Crippen LogP contribution in [0.25, 0.3) is 0 Å². The van der Waals surface area contributed by atoms with Crippen LogP contribution in [0.5, 0.6) is 0 Å². The van der Waals surface area contributed by atoms with E-state index in [0.29, 0.717) is 12.8 Å². The molecular weight excluding hydrogens is 144 g/mol. The van der Waals surface area contributed by atoms with Gasteiger partial charge in [-0.05, 0) is 13.3 Å². The molecule has 0 aromatic carbocycles. The number of rotatable bonds is 4. The second-order valence-corrected chi connectivity index (χ2v) is 2.46. The van der Waals surface area contributed by atoms with E-state index in [9.17, 15) is 9.59 Å². The minimum Gasteiger partial charge on any atom is -0.358 e. The van der Waals surface area contributed by atoms with Crippen molar-refractivity contribution in [1.82, 2.24) is 5.32 Å². The van der Waals surface area contributed by atoms with Crippen LogP contribution in [0.3, 0.4) is 0 Å². The van der Waals surface area contributed by atoms with Gasteiger partial charge in [0.15, 0.2) is 0 Å². The predicted octanol–water partition coefficient (Wildman–Crippen LogP) is -0.571. The van der Waals surface area contributed by atoms with Gasteiger partial charge >= 0.3 is 0 Å². The van der Waals surface area contributed by atoms with Crippen LogP contribution in [-0.4, -0.2) is 24.8 Å². The molecule has 1 amide bonds. The van der Waals surface area contributed by atoms with Crippen LogP contribution in [0.4, 0.5) is 0 Å². The second kappa shape index (κ2) is 4.85. The molecule has 4 nitrogen and oxygen atoms in total. The molecule has 0 aliphatic heterocycles. The highest BCUT2D eigenvalue weighted by Gasteiger charge is 2.11. The maximum Gasteiger partial charge on any atom is 0.236 e. The molecule has 4 heteroatoms. The SMILES string of the molecule is CNC(=O)C(N)CCC(C)=O. The van der Waals surface area contributed by atoms with Gasteiger partial charge in [0.1, 0.15) is 5.78 Å². The zero-order valence-corrected chi connectivity index (χ0v) is 6.89. The van der Waals surface area contributed by atoms with Gasteiger partial charge in [-0.25, -0.2) is 0 Å². The number of carbonyl (C=O) groups excluding carboxylic acids is 2. The highest BCUT2D eigenvalue weighted by Crippen LogP contribution is 1.94. The minimum absolute atomic E-state index is 0.0596. The fourth-order valence-electron chi connectivity index (χ4n) is 0.675. The fourth-order valence-corrected chi connectivity index (χ4v) is 0.675. The minimum atomic E-state index is -0.552. The third-order valence-electron chi connectivity index (χ3n) is 1.39. The van der Waals surface area contributed by atoms with Crippen molar-refractivity contribution in [2.45, 2.75) is 25.8 Å². The van der Waals surface area contributed by atoms with Crippen LogP contribution in [0.15, 0.2) is 0 Å². The van der Waals surface area contributed by atoms with E-state index in [1.807, 2.05) is 0 Å². The van der Waals surface area contributed by atoms with Crippen molar-refractivity contribution in [1.29, 1.82) is 0 Å². The first-order chi connectivity index (χ1) is 5.07. The summed E-state index contributed by atoms with van der Waals surface area (Å²) in [5.41, 5.74) is 5.41. The molecule has 1 unspecified atom stereocenters. The average molecular weight is 158 g/mol. The quantitative estimate of drug-likeness (QED) is 0.575. The molecule has 0 saturated carbocycles. The lowest BCUT2D eigenvalue weighted by Crippen LogP contribution is -2.38. The molecule has 64 valence electrons. The van der Waals surface area contributed by atoms with Crippen molar-refractivity contribution in [2.24, 2.45) is 5.73 Å². The Morgan fingerprint density at radius 1 is 1.55 bits per heavy atom. The Balaban J connectivity index is 3.60. The van der Waals surface area contributed by atoms with Crippen LogP contribution in [-0.2, 0) is 9.59 Å². The van der Waals surface area contributed by atoms with Gasteiger partial charge in [0.05, 0.1) is 6.04 Å². The number of hydrogen-bond acceptors (Lipinski definition) is 3. The molecular formula is C7H14N2O2. The van der Waals surface area contributed by atoms with E-state index < -0.39 is 6.04 Å². The number of nitrogens with two attached hydrogens (primary N) is 1. The molecule has 0 aromatic rings. The molecule has 0 aromatic heterocycles. The summed E-state index contributed by atoms with van der Waals surface area (Å²) in [6.45, 7) is 1.48. The van der Waals surface area contributed by atoms with Gasteiger partial charge in [-0.2, -0.15) is 0 Å². The summed E-state index contributed by atoms with van der Waals surface area (Å²) in [5.74, 6) is -0.157. The molecule has 0 bridgehead atoms. The largest absolute Gasteiger partial charge is 0.358 e. The monoisotopic (exact) mass is 158 g/mol. The molecule has 0 fully saturated rings. The molecule has 11 heavy (non-hydrogen) atoms. The van der Waals surface area contributed by atoms with E-state index in [0.717, 1.165) is 0 Å². The highest BCUT2D eigenvalue weighted by molar-refractivity contribution is 5.82. The van der Waals surface area contributed by atoms with E-state index in [1.165, 1.54) is 14.0 Å². The van der Waals surface area contributed by atoms with Gasteiger partial charge in [0.2, 0.25) is 5.91 Å². The number of nitrogens with one attached hydrogen (secondary N) is 1. The first-order valence-corrected chi connectivity index (χ1v) is 3.54. The Labute approximate surface area is 66.1 Å². The molecule has 0 rings (SSSR count). The number of likely N-dealkylation sites (N-methyl/N-ethyl adjacent to an activating group) is 1. The maximum atomic E-state index is 10.8. The summed E-state index contributed by atoms with van der Waals surface area (Å²) in [6.07, 6.45) is 0.795. The zero-order valence-electron chi connectivity index (χ0n) is 6.89. The Morgan fingerprint density at radius 3 is 2.45 bits per heavy atom. The van der Waals surface area contributed by atoms with Gasteiger partial charge in [-0.1, -0.05) is 0 Å². The van der Waals surface area contributed by atoms with E-state index in [4.69, 9.17) is 5.73 Å². The number of carbonyl (C=O) groups is 2. The topological polar surface area (TPSA) is 72.2 Å². The third kappa shape index (κ3) is 4.50. The molecule has 0 aliphatic carbocycles. The van der Waals surface area contributed by atoms with E-state index in [1.54, 1.807) is 0 Å². The normalized spacial score (nSPS) is 12.3. The van der Waals surface area contributed by atoms with Gasteiger partial charge < -0.3 is 15.8 Å². The summed E-state index contributed by atoms with van der Waals surface area (Å²) in [5, 5.41) is 2.41. The van der Waals surface area contributed by atoms with Crippen LogP contribution in [0.2, 0.25) is 0 Å². The predicted molar refractivity (Wildman–Crippen MR) is 42.0 cm³/mol. The lowest BCUT2D eigenvalue weighted by molar-refractivity contribution is -0.122. The number of amides is 1. The first-order valence-electron chi connectivity index (χ1n) is 3.54. The van der Waals surface area contributed by atoms with Crippen molar-refractivity contribution in [3.8, 4) is 0 Å². The molecule has 0 heterocycles. The molecule has 0 aliphatic rings. The van der Waals surface area contributed by atoms with Crippen molar-refractivity contribution < 1.29 is 9.59 Å². The van der Waals surface area contributed by atoms with Gasteiger partial charge in [0, 0.05) is 13.5 Å². The lowest BCUT2D eigenvalue weighted by Gasteiger charge is -2.07. The van der Waals surface area contributed by atoms with Crippen molar-refractivity contribution in [2.75, 3.05) is 7.05 Å². The Hall–Kier alpha value is -0.900. The molecule has 0 saturated heterocycles. The molecule has 1 atom stereocenters. The summed E-state index contributed by atoms with van der Waals surface area (Å²) < 4.78 is 0. The Bertz CT molecular complexity index is 157. The standard InChI is InChI=1S/C7H14N2O2/c1-5(10)3-4-6(8)7(11)9-2/h6H,3-4,8H2,1-2H3,(H,9,11). The lowest BCUT2D eigenvalue weighted by atomic mass is 10.1. The maximum absolute atomic E-state index is 10.8. The second-order valence-electron chi connectivity index (χ2n) is 2.46. The van der Waals surface area contributed by atoms with E-state index in [2.05, 4.69) is 5.32 Å². The highest BCUT2D eigenvalue weighted by atomic mass is 16.2. The average Bonchev–Trinajstić information content (AvgIpc) is 1.98. The van der Waals surface area contributed by atoms with Crippen molar-refractivity contribution >= 4 is 11.7 Å². The van der Waals surface area contributed by atoms with Crippen LogP contribution in [0.1, 0.15) is 19.8 Å². The smallest absolute Gasteiger partial charge is 0.236 e. The van der Waals surface area contributed by atoms with Crippen LogP contribution < -0.4 is 11.1 Å². The van der Waals surface area contributed by atoms with Gasteiger partial charge in [-0.15, -0.1) is 0 Å². The summed E-state index contributed by atoms with van der Waals surface area (Å²) in [6, 6.07) is -0.552. The number of ketones is 1. The fraction of sp³-hybridized carbons (Fsp3) is 0.714. The van der Waals surface area contributed by atoms with Crippen LogP contribution >= 0.6 is 0 Å². The van der Waals surface area contributed by atoms with Crippen molar-refractivity contribution in [3.05, 3.63) is 0 Å². The van der Waals surface area contributed by atoms with E-state index in [-0.39, 0.29) is 11.7 Å². The van der Waals surface area contributed by atoms with Gasteiger partial charge in [0.25, 0.3) is 0 Å². The number of Topliss-reactive ketones (excluding diaryl/α,β-unsaturated/α-hetero) is 1. The van der Waals surface area contributed by atoms with Crippen molar-refractivity contribution in [3.63, 3.8) is 0 Å². The third-order valence-corrected chi connectivity index (χ3v) is 1.39. The summed E-state index contributed by atoms with van der Waals surface area (Å²) >= 11 is 0. The Kier molecular flexibility index (Phi) is 4.45. The zero-order chi connectivity index (χ0) is 8.85. The molecule has 3 N–H and O–H groups in total. The summed E-state index contributed by atoms with van der Waals surface area (Å²) in [4.78, 5) is 21.2. The van der Waals surface area contributed by atoms with E-state index >= 15 is 0 Å². The molecule has 0 radical (unpaired) electrons. The number of hydrogen-bond donors (Lipinski definition) is 2. The molecule has 0 spiro atoms. The first kappa shape index (κ1) is 10.1. The van der Waals surface area contributed by atoms with Crippen LogP contribution in [0, 0.1) is 0 Å². The Morgan fingerprint density at radius 2 is 2.09 bits per heavy atom. The summed E-state index contributed by atoms with van der Waals surface area (Å²) in [7, 11) is 1.52. The van der Waals surface area contributed by atoms with Gasteiger partial charge in [-0.3, -0.25) is 4.79 Å².